The number of hydrogen-bond acceptors (Lipinski definition) is 3. The minimum absolute atomic E-state index is 0.0178. The number of alkyl halides is 1. The maximum Gasteiger partial charge on any atom is 0.364 e. The Labute approximate surface area is 101 Å². The van der Waals surface area contributed by atoms with Gasteiger partial charge in [-0.3, -0.25) is 4.79 Å². The van der Waals surface area contributed by atoms with Crippen LogP contribution in [0, 0.1) is 5.41 Å². The van der Waals surface area contributed by atoms with E-state index in [2.05, 4.69) is 15.9 Å². The van der Waals surface area contributed by atoms with Gasteiger partial charge in [0, 0.05) is 10.9 Å². The second-order valence-electron chi connectivity index (χ2n) is 3.53. The van der Waals surface area contributed by atoms with Crippen molar-refractivity contribution in [3.63, 3.8) is 0 Å². The number of carboxylic acid groups (broad SMARTS) is 1. The molecule has 16 heavy (non-hydrogen) atoms. The van der Waals surface area contributed by atoms with Crippen molar-refractivity contribution in [3.05, 3.63) is 11.4 Å². The van der Waals surface area contributed by atoms with Crippen molar-refractivity contribution in [2.75, 3.05) is 11.9 Å². The van der Waals surface area contributed by atoms with Crippen LogP contribution in [0.3, 0.4) is 0 Å². The number of carbonyl (C=O) groups is 2. The van der Waals surface area contributed by atoms with Crippen LogP contribution in [-0.2, 0) is 14.3 Å². The van der Waals surface area contributed by atoms with Gasteiger partial charge >= 0.3 is 11.9 Å². The lowest BCUT2D eigenvalue weighted by Gasteiger charge is -2.16. The van der Waals surface area contributed by atoms with E-state index in [-0.39, 0.29) is 17.5 Å². The van der Waals surface area contributed by atoms with Crippen molar-refractivity contribution in [2.45, 2.75) is 19.8 Å². The molecule has 0 radical (unpaired) electrons. The first kappa shape index (κ1) is 13.2. The average Bonchev–Trinajstić information content (AvgIpc) is 3.00. The molecule has 0 saturated heterocycles. The van der Waals surface area contributed by atoms with Crippen LogP contribution in [0.2, 0.25) is 0 Å². The standard InChI is InChI=1S/C10H12BrFO4/c1-2-16-9(15)10(3-4-10)6(5-11)7(12)8(13)14/h2-5H2,1H3,(H,13,14)/b7-6+. The maximum atomic E-state index is 13.4. The van der Waals surface area contributed by atoms with Crippen molar-refractivity contribution in [1.29, 1.82) is 0 Å². The second kappa shape index (κ2) is 4.95. The molecule has 4 nitrogen and oxygen atoms in total. The molecule has 90 valence electrons. The fourth-order valence-corrected chi connectivity index (χ4v) is 2.33. The zero-order valence-electron chi connectivity index (χ0n) is 8.76. The summed E-state index contributed by atoms with van der Waals surface area (Å²) in [6.45, 7) is 1.85. The molecular weight excluding hydrogens is 283 g/mol. The molecular formula is C10H12BrFO4. The molecule has 0 aromatic heterocycles. The molecule has 0 aliphatic heterocycles. The number of esters is 1. The van der Waals surface area contributed by atoms with E-state index in [0.717, 1.165) is 0 Å². The number of carbonyl (C=O) groups excluding carboxylic acids is 1. The topological polar surface area (TPSA) is 63.6 Å². The molecule has 1 rings (SSSR count). The minimum Gasteiger partial charge on any atom is -0.476 e. The van der Waals surface area contributed by atoms with Gasteiger partial charge < -0.3 is 9.84 Å². The van der Waals surface area contributed by atoms with E-state index < -0.39 is 23.2 Å². The van der Waals surface area contributed by atoms with Crippen LogP contribution in [0.4, 0.5) is 4.39 Å². The third-order valence-corrected chi connectivity index (χ3v) is 3.14. The number of hydrogen-bond donors (Lipinski definition) is 1. The lowest BCUT2D eigenvalue weighted by Crippen LogP contribution is -2.24. The lowest BCUT2D eigenvalue weighted by molar-refractivity contribution is -0.148. The van der Waals surface area contributed by atoms with Crippen LogP contribution in [0.1, 0.15) is 19.8 Å². The van der Waals surface area contributed by atoms with E-state index >= 15 is 0 Å². The van der Waals surface area contributed by atoms with E-state index in [4.69, 9.17) is 9.84 Å². The Balaban J connectivity index is 3.02. The van der Waals surface area contributed by atoms with E-state index in [1.54, 1.807) is 6.92 Å². The molecule has 0 amide bonds. The highest BCUT2D eigenvalue weighted by molar-refractivity contribution is 9.09. The third kappa shape index (κ3) is 2.26. The van der Waals surface area contributed by atoms with Crippen LogP contribution < -0.4 is 0 Å². The molecule has 1 aliphatic carbocycles. The molecule has 6 heteroatoms. The molecule has 1 saturated carbocycles. The van der Waals surface area contributed by atoms with E-state index in [9.17, 15) is 14.0 Å². The quantitative estimate of drug-likeness (QED) is 0.479. The summed E-state index contributed by atoms with van der Waals surface area (Å²) in [6, 6.07) is 0. The van der Waals surface area contributed by atoms with Gasteiger partial charge in [0.15, 0.2) is 0 Å². The van der Waals surface area contributed by atoms with Crippen LogP contribution in [0.15, 0.2) is 11.4 Å². The number of carboxylic acids is 1. The first-order valence-corrected chi connectivity index (χ1v) is 5.97. The Morgan fingerprint density at radius 2 is 2.06 bits per heavy atom. The highest BCUT2D eigenvalue weighted by Crippen LogP contribution is 2.54. The number of halogens is 2. The second-order valence-corrected chi connectivity index (χ2v) is 4.09. The monoisotopic (exact) mass is 294 g/mol. The smallest absolute Gasteiger partial charge is 0.364 e. The number of ether oxygens (including phenoxy) is 1. The predicted molar refractivity (Wildman–Crippen MR) is 57.9 cm³/mol. The third-order valence-electron chi connectivity index (χ3n) is 2.58. The molecule has 1 fully saturated rings. The molecule has 0 aromatic carbocycles. The first-order valence-electron chi connectivity index (χ1n) is 4.85. The summed E-state index contributed by atoms with van der Waals surface area (Å²) in [5.74, 6) is -3.45. The van der Waals surface area contributed by atoms with Crippen molar-refractivity contribution in [2.24, 2.45) is 5.41 Å². The SMILES string of the molecule is CCOC(=O)C1(/C(CBr)=C(/F)C(=O)O)CC1. The predicted octanol–water partition coefficient (Wildman–Crippen LogP) is 2.03. The molecule has 0 spiro atoms. The lowest BCUT2D eigenvalue weighted by atomic mass is 9.96. The Bertz CT molecular complexity index is 347. The maximum absolute atomic E-state index is 13.4. The fourth-order valence-electron chi connectivity index (χ4n) is 1.55. The van der Waals surface area contributed by atoms with Crippen LogP contribution in [0.5, 0.6) is 0 Å². The highest BCUT2D eigenvalue weighted by Gasteiger charge is 2.55. The molecule has 0 bridgehead atoms. The fraction of sp³-hybridized carbons (Fsp3) is 0.600. The Kier molecular flexibility index (Phi) is 4.07. The molecule has 1 N–H and O–H groups in total. The Hall–Kier alpha value is -0.910. The van der Waals surface area contributed by atoms with Gasteiger partial charge in [0.05, 0.1) is 12.0 Å². The molecule has 1 aliphatic rings. The molecule has 0 unspecified atom stereocenters. The van der Waals surface area contributed by atoms with E-state index in [1.165, 1.54) is 0 Å². The zero-order chi connectivity index (χ0) is 12.3. The highest BCUT2D eigenvalue weighted by atomic mass is 79.9. The number of rotatable bonds is 5. The van der Waals surface area contributed by atoms with Gasteiger partial charge in [0.1, 0.15) is 0 Å². The summed E-state index contributed by atoms with van der Waals surface area (Å²) in [5, 5.41) is 8.60. The summed E-state index contributed by atoms with van der Waals surface area (Å²) in [5.41, 5.74) is -1.08. The first-order chi connectivity index (χ1) is 7.49. The van der Waals surface area contributed by atoms with Crippen molar-refractivity contribution in [1.82, 2.24) is 0 Å². The van der Waals surface area contributed by atoms with Crippen molar-refractivity contribution < 1.29 is 23.8 Å². The van der Waals surface area contributed by atoms with Gasteiger partial charge in [0.2, 0.25) is 5.83 Å². The zero-order valence-corrected chi connectivity index (χ0v) is 10.3. The van der Waals surface area contributed by atoms with Gasteiger partial charge in [-0.2, -0.15) is 4.39 Å². The molecule has 0 heterocycles. The van der Waals surface area contributed by atoms with Crippen LogP contribution in [0.25, 0.3) is 0 Å². The summed E-state index contributed by atoms with van der Waals surface area (Å²) in [4.78, 5) is 22.2. The van der Waals surface area contributed by atoms with Gasteiger partial charge in [-0.25, -0.2) is 4.79 Å². The summed E-state index contributed by atoms with van der Waals surface area (Å²) >= 11 is 3.01. The number of aliphatic carboxylic acids is 1. The van der Waals surface area contributed by atoms with Gasteiger partial charge in [-0.1, -0.05) is 15.9 Å². The summed E-state index contributed by atoms with van der Waals surface area (Å²) < 4.78 is 18.2. The van der Waals surface area contributed by atoms with Gasteiger partial charge in [0.25, 0.3) is 0 Å². The normalized spacial score (nSPS) is 18.7. The van der Waals surface area contributed by atoms with E-state index in [0.29, 0.717) is 12.8 Å². The average molecular weight is 295 g/mol. The largest absolute Gasteiger partial charge is 0.476 e. The van der Waals surface area contributed by atoms with E-state index in [1.807, 2.05) is 0 Å². The van der Waals surface area contributed by atoms with Crippen molar-refractivity contribution in [3.8, 4) is 0 Å². The van der Waals surface area contributed by atoms with Crippen molar-refractivity contribution >= 4 is 27.9 Å². The van der Waals surface area contributed by atoms with Crippen LogP contribution in [-0.4, -0.2) is 29.0 Å². The van der Waals surface area contributed by atoms with Crippen LogP contribution >= 0.6 is 15.9 Å². The Morgan fingerprint density at radius 3 is 2.38 bits per heavy atom. The minimum atomic E-state index is -1.65. The van der Waals surface area contributed by atoms with Gasteiger partial charge in [-0.05, 0) is 19.8 Å². The Morgan fingerprint density at radius 1 is 1.50 bits per heavy atom. The summed E-state index contributed by atoms with van der Waals surface area (Å²) in [6.07, 6.45) is 0.876. The summed E-state index contributed by atoms with van der Waals surface area (Å²) in [7, 11) is 0. The molecule has 0 atom stereocenters. The van der Waals surface area contributed by atoms with Gasteiger partial charge in [-0.15, -0.1) is 0 Å². The molecule has 0 aromatic rings.